The lowest BCUT2D eigenvalue weighted by atomic mass is 9.84. The lowest BCUT2D eigenvalue weighted by Gasteiger charge is -2.28. The summed E-state index contributed by atoms with van der Waals surface area (Å²) in [5.74, 6) is -2.38. The van der Waals surface area contributed by atoms with Crippen molar-refractivity contribution >= 4 is 0 Å². The van der Waals surface area contributed by atoms with Crippen molar-refractivity contribution in [1.29, 1.82) is 0 Å². The molecule has 1 aliphatic carbocycles. The van der Waals surface area contributed by atoms with E-state index in [1.54, 1.807) is 0 Å². The van der Waals surface area contributed by atoms with Gasteiger partial charge in [0.15, 0.2) is 5.82 Å². The fraction of sp³-hybridized carbons (Fsp3) is 0.529. The van der Waals surface area contributed by atoms with Crippen molar-refractivity contribution in [3.63, 3.8) is 0 Å². The molecule has 1 fully saturated rings. The molecule has 4 nitrogen and oxygen atoms in total. The fourth-order valence-electron chi connectivity index (χ4n) is 3.25. The van der Waals surface area contributed by atoms with Crippen LogP contribution in [0.1, 0.15) is 50.0 Å². The van der Waals surface area contributed by atoms with Crippen molar-refractivity contribution in [2.45, 2.75) is 51.0 Å². The number of hydrogen-bond donors (Lipinski definition) is 0. The Labute approximate surface area is 133 Å². The maximum atomic E-state index is 13.3. The third-order valence-electron chi connectivity index (χ3n) is 4.68. The molecule has 6 heteroatoms. The third-order valence-corrected chi connectivity index (χ3v) is 4.68. The molecule has 1 saturated carbocycles. The third kappa shape index (κ3) is 3.51. The maximum Gasteiger partial charge on any atom is 0.442 e. The minimum atomic E-state index is -2.54. The first-order valence-electron chi connectivity index (χ1n) is 7.96. The molecular formula is C17H20F2N2O2. The molecule has 0 bridgehead atoms. The van der Waals surface area contributed by atoms with E-state index in [0.717, 1.165) is 5.56 Å². The number of halogens is 2. The number of nitrogens with zero attached hydrogens (tertiary/aromatic N) is 2. The van der Waals surface area contributed by atoms with Crippen LogP contribution < -0.4 is 5.76 Å². The van der Waals surface area contributed by atoms with E-state index in [0.29, 0.717) is 25.1 Å². The number of alkyl halides is 2. The van der Waals surface area contributed by atoms with Crippen LogP contribution in [0.25, 0.3) is 0 Å². The summed E-state index contributed by atoms with van der Waals surface area (Å²) in [6, 6.07) is 9.41. The summed E-state index contributed by atoms with van der Waals surface area (Å²) >= 11 is 0. The van der Waals surface area contributed by atoms with Crippen LogP contribution in [0.3, 0.4) is 0 Å². The first-order valence-corrected chi connectivity index (χ1v) is 7.96. The van der Waals surface area contributed by atoms with Crippen molar-refractivity contribution in [3.05, 3.63) is 52.3 Å². The Morgan fingerprint density at radius 2 is 1.96 bits per heavy atom. The topological polar surface area (TPSA) is 48.0 Å². The molecule has 0 saturated heterocycles. The van der Waals surface area contributed by atoms with Crippen LogP contribution >= 0.6 is 0 Å². The zero-order chi connectivity index (χ0) is 16.4. The van der Waals surface area contributed by atoms with Crippen molar-refractivity contribution < 1.29 is 13.3 Å². The maximum absolute atomic E-state index is 13.3. The van der Waals surface area contributed by atoms with E-state index in [1.165, 1.54) is 4.57 Å². The van der Waals surface area contributed by atoms with E-state index in [9.17, 15) is 13.6 Å². The van der Waals surface area contributed by atoms with Gasteiger partial charge in [0, 0.05) is 19.3 Å². The van der Waals surface area contributed by atoms with Crippen molar-refractivity contribution in [2.24, 2.45) is 5.92 Å². The molecule has 1 aliphatic rings. The highest BCUT2D eigenvalue weighted by atomic mass is 19.3. The number of aromatic nitrogens is 2. The minimum Gasteiger partial charge on any atom is -0.296 e. The second-order valence-corrected chi connectivity index (χ2v) is 6.32. The predicted molar refractivity (Wildman–Crippen MR) is 81.6 cm³/mol. The Hall–Kier alpha value is -1.98. The molecule has 0 N–H and O–H groups in total. The van der Waals surface area contributed by atoms with Gasteiger partial charge >= 0.3 is 5.76 Å². The SMILES string of the molecule is CC(c1ccccc1)n1c(CC2CCC(F)(F)CC2)noc1=O. The second-order valence-electron chi connectivity index (χ2n) is 6.32. The lowest BCUT2D eigenvalue weighted by Crippen LogP contribution is -2.27. The van der Waals surface area contributed by atoms with E-state index < -0.39 is 11.7 Å². The second kappa shape index (κ2) is 6.26. The molecule has 0 radical (unpaired) electrons. The average Bonchev–Trinajstić information content (AvgIpc) is 2.90. The Balaban J connectivity index is 1.78. The van der Waals surface area contributed by atoms with Gasteiger partial charge in [-0.15, -0.1) is 0 Å². The normalized spacial score (nSPS) is 19.6. The van der Waals surface area contributed by atoms with Crippen molar-refractivity contribution in [2.75, 3.05) is 0 Å². The number of benzene rings is 1. The first-order chi connectivity index (χ1) is 11.0. The number of hydrogen-bond acceptors (Lipinski definition) is 3. The van der Waals surface area contributed by atoms with E-state index >= 15 is 0 Å². The quantitative estimate of drug-likeness (QED) is 0.860. The Bertz CT molecular complexity index is 699. The molecule has 3 rings (SSSR count). The van der Waals surface area contributed by atoms with Gasteiger partial charge in [-0.3, -0.25) is 9.09 Å². The van der Waals surface area contributed by atoms with E-state index in [2.05, 4.69) is 5.16 Å². The van der Waals surface area contributed by atoms with Gasteiger partial charge in [-0.25, -0.2) is 13.6 Å². The van der Waals surface area contributed by atoms with Gasteiger partial charge in [0.2, 0.25) is 5.92 Å². The highest BCUT2D eigenvalue weighted by molar-refractivity contribution is 5.19. The van der Waals surface area contributed by atoms with Crippen LogP contribution in [0.5, 0.6) is 0 Å². The van der Waals surface area contributed by atoms with E-state index in [-0.39, 0.29) is 24.8 Å². The summed E-state index contributed by atoms with van der Waals surface area (Å²) in [6.45, 7) is 1.91. The zero-order valence-electron chi connectivity index (χ0n) is 13.0. The summed E-state index contributed by atoms with van der Waals surface area (Å²) < 4.78 is 32.9. The van der Waals surface area contributed by atoms with Gasteiger partial charge in [-0.1, -0.05) is 35.5 Å². The molecule has 1 aromatic heterocycles. The van der Waals surface area contributed by atoms with E-state index in [1.807, 2.05) is 37.3 Å². The molecule has 0 amide bonds. The van der Waals surface area contributed by atoms with Crippen LogP contribution in [0.4, 0.5) is 8.78 Å². The zero-order valence-corrected chi connectivity index (χ0v) is 13.0. The Morgan fingerprint density at radius 3 is 2.61 bits per heavy atom. The summed E-state index contributed by atoms with van der Waals surface area (Å²) in [5, 5.41) is 3.88. The number of rotatable bonds is 4. The molecule has 1 atom stereocenters. The van der Waals surface area contributed by atoms with Crippen LogP contribution in [-0.4, -0.2) is 15.6 Å². The highest BCUT2D eigenvalue weighted by Crippen LogP contribution is 2.37. The van der Waals surface area contributed by atoms with Crippen LogP contribution in [0.2, 0.25) is 0 Å². The molecule has 1 heterocycles. The van der Waals surface area contributed by atoms with Gasteiger partial charge in [-0.2, -0.15) is 0 Å². The molecule has 1 aromatic carbocycles. The van der Waals surface area contributed by atoms with Gasteiger partial charge in [0.1, 0.15) is 0 Å². The van der Waals surface area contributed by atoms with Crippen LogP contribution in [-0.2, 0) is 6.42 Å². The summed E-state index contributed by atoms with van der Waals surface area (Å²) in [4.78, 5) is 12.0. The smallest absolute Gasteiger partial charge is 0.296 e. The molecule has 0 aliphatic heterocycles. The monoisotopic (exact) mass is 322 g/mol. The summed E-state index contributed by atoms with van der Waals surface area (Å²) in [5.41, 5.74) is 0.981. The molecule has 23 heavy (non-hydrogen) atoms. The standard InChI is InChI=1S/C17H20F2N2O2/c1-12(14-5-3-2-4-6-14)21-15(20-23-16(21)22)11-13-7-9-17(18,19)10-8-13/h2-6,12-13H,7-11H2,1H3. The fourth-order valence-corrected chi connectivity index (χ4v) is 3.25. The molecular weight excluding hydrogens is 302 g/mol. The van der Waals surface area contributed by atoms with Crippen LogP contribution in [0, 0.1) is 5.92 Å². The first kappa shape index (κ1) is 15.9. The molecule has 2 aromatic rings. The van der Waals surface area contributed by atoms with Crippen molar-refractivity contribution in [1.82, 2.24) is 9.72 Å². The largest absolute Gasteiger partial charge is 0.442 e. The van der Waals surface area contributed by atoms with Gasteiger partial charge in [0.25, 0.3) is 0 Å². The molecule has 0 spiro atoms. The summed E-state index contributed by atoms with van der Waals surface area (Å²) in [6.07, 6.45) is 1.22. The Morgan fingerprint density at radius 1 is 1.30 bits per heavy atom. The van der Waals surface area contributed by atoms with Gasteiger partial charge in [0.05, 0.1) is 6.04 Å². The highest BCUT2D eigenvalue weighted by Gasteiger charge is 2.35. The lowest BCUT2D eigenvalue weighted by molar-refractivity contribution is -0.0459. The molecule has 124 valence electrons. The molecule has 1 unspecified atom stereocenters. The Kier molecular flexibility index (Phi) is 4.33. The minimum absolute atomic E-state index is 0.0893. The van der Waals surface area contributed by atoms with Gasteiger partial charge in [-0.05, 0) is 31.2 Å². The summed E-state index contributed by atoms with van der Waals surface area (Å²) in [7, 11) is 0. The van der Waals surface area contributed by atoms with Crippen molar-refractivity contribution in [3.8, 4) is 0 Å². The predicted octanol–water partition coefficient (Wildman–Crippen LogP) is 3.81. The van der Waals surface area contributed by atoms with Crippen LogP contribution in [0.15, 0.2) is 39.6 Å². The van der Waals surface area contributed by atoms with Gasteiger partial charge < -0.3 is 0 Å². The average molecular weight is 322 g/mol. The van der Waals surface area contributed by atoms with E-state index in [4.69, 9.17) is 4.52 Å².